The maximum Gasteiger partial charge on any atom is 0.0971 e. The zero-order valence-corrected chi connectivity index (χ0v) is 68.8. The van der Waals surface area contributed by atoms with Crippen LogP contribution < -0.4 is 0 Å². The highest BCUT2D eigenvalue weighted by Crippen LogP contribution is 2.58. The van der Waals surface area contributed by atoms with E-state index in [0.717, 1.165) is 99.4 Å². The molecule has 6 nitrogen and oxygen atoms in total. The lowest BCUT2D eigenvalue weighted by Gasteiger charge is -2.33. The average Bonchev–Trinajstić information content (AvgIpc) is 1.61. The van der Waals surface area contributed by atoms with Crippen molar-refractivity contribution in [3.63, 3.8) is 0 Å². The summed E-state index contributed by atoms with van der Waals surface area (Å²) in [6, 6.07) is 120. The quantitative estimate of drug-likeness (QED) is 0.0333. The number of benzene rings is 15. The third kappa shape index (κ3) is 12.7. The number of unbranched alkanes of at least 4 members (excludes halogenated alkanes) is 12. The largest absolute Gasteiger partial charge is 0.340 e. The standard InChI is InChI=1S/C114H102N6/c1(5-33-71-117-103-49-21-11-39-88(103)89-40-12-22-50-104(89)117)29-65-113(66-30-2-6-34-72-118-105-51-23-13-41-90(105)91-42-14-24-52-106(91)118)99-47-19-9-37-84(99)86-62-58-81(77-101(86)113)79-60-64-96-97(75-79)83-61-57-80(76-98(83)112-111(96)115-69-70-116-112)82-59-63-87-85-38-10-20-48-100(85)114(102(87)78-82,67-31-3-7-35-73-119-107-53-25-15-43-92(107)93-44-16-26-54-108(93)119)68-32-4-8-36-74-120-109-55-27-17-45-94(109)95-46-18-28-56-110(95)120/h9-28,37-64,69-70,75-78H,1-8,29-36,65-68,71-74H2. The molecule has 0 unspecified atom stereocenters. The summed E-state index contributed by atoms with van der Waals surface area (Å²) in [5.74, 6) is 0. The van der Waals surface area contributed by atoms with Gasteiger partial charge in [-0.2, -0.15) is 0 Å². The molecule has 0 fully saturated rings. The highest BCUT2D eigenvalue weighted by atomic mass is 15.0. The second-order valence-electron chi connectivity index (χ2n) is 35.0. The van der Waals surface area contributed by atoms with Gasteiger partial charge < -0.3 is 18.3 Å². The van der Waals surface area contributed by atoms with Crippen LogP contribution in [0.25, 0.3) is 164 Å². The summed E-state index contributed by atoms with van der Waals surface area (Å²) in [5.41, 5.74) is 29.1. The Morgan fingerprint density at radius 3 is 0.767 bits per heavy atom. The number of fused-ring (bicyclic) bond motifs is 24. The van der Waals surface area contributed by atoms with Gasteiger partial charge >= 0.3 is 0 Å². The van der Waals surface area contributed by atoms with E-state index in [1.807, 2.05) is 12.4 Å². The molecule has 120 heavy (non-hydrogen) atoms. The monoisotopic (exact) mass is 1550 g/mol. The van der Waals surface area contributed by atoms with E-state index >= 15 is 0 Å². The van der Waals surface area contributed by atoms with Crippen LogP contribution in [0.4, 0.5) is 0 Å². The van der Waals surface area contributed by atoms with Crippen molar-refractivity contribution in [3.05, 3.63) is 350 Å². The van der Waals surface area contributed by atoms with Crippen LogP contribution in [0.3, 0.4) is 0 Å². The van der Waals surface area contributed by atoms with Gasteiger partial charge in [-0.3, -0.25) is 9.97 Å². The molecule has 0 bridgehead atoms. The van der Waals surface area contributed by atoms with Crippen molar-refractivity contribution in [1.29, 1.82) is 0 Å². The van der Waals surface area contributed by atoms with Crippen LogP contribution in [0.2, 0.25) is 0 Å². The van der Waals surface area contributed by atoms with E-state index in [0.29, 0.717) is 0 Å². The molecular formula is C114H102N6. The van der Waals surface area contributed by atoms with E-state index in [4.69, 9.17) is 9.97 Å². The van der Waals surface area contributed by atoms with Crippen molar-refractivity contribution in [2.24, 2.45) is 0 Å². The Morgan fingerprint density at radius 1 is 0.183 bits per heavy atom. The number of rotatable bonds is 30. The van der Waals surface area contributed by atoms with Crippen molar-refractivity contribution >= 4 is 120 Å². The van der Waals surface area contributed by atoms with Gasteiger partial charge in [0.2, 0.25) is 0 Å². The molecule has 5 heterocycles. The van der Waals surface area contributed by atoms with Gasteiger partial charge in [0.15, 0.2) is 0 Å². The van der Waals surface area contributed by atoms with Crippen LogP contribution in [0.5, 0.6) is 0 Å². The first-order valence-electron chi connectivity index (χ1n) is 45.0. The lowest BCUT2D eigenvalue weighted by Crippen LogP contribution is -2.25. The van der Waals surface area contributed by atoms with Crippen LogP contribution in [-0.4, -0.2) is 28.2 Å². The van der Waals surface area contributed by atoms with Crippen LogP contribution in [0.1, 0.15) is 151 Å². The van der Waals surface area contributed by atoms with Gasteiger partial charge in [-0.25, -0.2) is 0 Å². The average molecular weight is 1560 g/mol. The van der Waals surface area contributed by atoms with Crippen molar-refractivity contribution in [2.45, 2.75) is 165 Å². The summed E-state index contributed by atoms with van der Waals surface area (Å²) < 4.78 is 10.3. The Hall–Kier alpha value is -12.6. The Kier molecular flexibility index (Phi) is 19.4. The number of nitrogens with zero attached hydrogens (tertiary/aromatic N) is 6. The molecule has 5 aromatic heterocycles. The number of hydrogen-bond acceptors (Lipinski definition) is 2. The highest BCUT2D eigenvalue weighted by molar-refractivity contribution is 6.24. The highest BCUT2D eigenvalue weighted by Gasteiger charge is 2.44. The molecule has 22 rings (SSSR count). The third-order valence-corrected chi connectivity index (χ3v) is 28.4. The Balaban J connectivity index is 0.569. The minimum Gasteiger partial charge on any atom is -0.340 e. The minimum absolute atomic E-state index is 0.112. The van der Waals surface area contributed by atoms with Crippen LogP contribution in [-0.2, 0) is 37.0 Å². The molecule has 588 valence electrons. The van der Waals surface area contributed by atoms with Gasteiger partial charge in [0.25, 0.3) is 0 Å². The van der Waals surface area contributed by atoms with Crippen LogP contribution >= 0.6 is 0 Å². The number of hydrogen-bond donors (Lipinski definition) is 0. The molecule has 2 aliphatic carbocycles. The molecule has 0 radical (unpaired) electrons. The first kappa shape index (κ1) is 73.7. The second kappa shape index (κ2) is 31.6. The van der Waals surface area contributed by atoms with E-state index in [1.54, 1.807) is 0 Å². The first-order valence-corrected chi connectivity index (χ1v) is 45.0. The molecule has 0 amide bonds. The molecule has 20 aromatic rings. The third-order valence-electron chi connectivity index (χ3n) is 28.4. The SMILES string of the molecule is c1ccc2c(c1)-c1ccc(-c3ccc4c(c3)c3ccc(-c5ccc6c(c5)C(CCCCCCn5c7ccccc7c7ccccc75)(CCCCCCn5c7ccccc7c7ccccc75)c5ccccc5-6)cc3c3nccnc43)cc1C2(CCCCCCn1c2ccccc2c2ccccc21)CCCCCCn1c2ccccc2c2ccccc21. The van der Waals surface area contributed by atoms with Crippen molar-refractivity contribution in [2.75, 3.05) is 0 Å². The predicted molar refractivity (Wildman–Crippen MR) is 508 cm³/mol. The Morgan fingerprint density at radius 2 is 0.433 bits per heavy atom. The maximum atomic E-state index is 5.23. The van der Waals surface area contributed by atoms with Gasteiger partial charge in [0, 0.05) is 147 Å². The van der Waals surface area contributed by atoms with Crippen LogP contribution in [0.15, 0.2) is 328 Å². The summed E-state index contributed by atoms with van der Waals surface area (Å²) in [4.78, 5) is 10.4. The van der Waals surface area contributed by atoms with E-state index in [-0.39, 0.29) is 10.8 Å². The molecule has 15 aromatic carbocycles. The number of para-hydroxylation sites is 8. The number of aromatic nitrogens is 6. The topological polar surface area (TPSA) is 45.5 Å². The fourth-order valence-corrected chi connectivity index (χ4v) is 22.8. The van der Waals surface area contributed by atoms with E-state index in [1.165, 1.54) is 242 Å². The van der Waals surface area contributed by atoms with Gasteiger partial charge in [-0.15, -0.1) is 0 Å². The lowest BCUT2D eigenvalue weighted by atomic mass is 9.70. The maximum absolute atomic E-state index is 5.23. The molecule has 0 spiro atoms. The van der Waals surface area contributed by atoms with Gasteiger partial charge in [0.05, 0.1) is 11.0 Å². The summed E-state index contributed by atoms with van der Waals surface area (Å²) in [5, 5.41) is 15.6. The number of aryl methyl sites for hydroxylation is 4. The molecular weight excluding hydrogens is 1450 g/mol. The van der Waals surface area contributed by atoms with Gasteiger partial charge in [-0.1, -0.05) is 320 Å². The smallest absolute Gasteiger partial charge is 0.0971 e. The fraction of sp³-hybridized carbons (Fsp3) is 0.228. The lowest BCUT2D eigenvalue weighted by molar-refractivity contribution is 0.397. The summed E-state index contributed by atoms with van der Waals surface area (Å²) in [6.45, 7) is 4.11. The molecule has 0 aliphatic heterocycles. The minimum atomic E-state index is -0.116. The van der Waals surface area contributed by atoms with Crippen molar-refractivity contribution in [3.8, 4) is 44.5 Å². The normalized spacial score (nSPS) is 13.4. The first-order chi connectivity index (χ1) is 59.5. The van der Waals surface area contributed by atoms with Crippen LogP contribution in [0, 0.1) is 0 Å². The molecule has 6 heteroatoms. The fourth-order valence-electron chi connectivity index (χ4n) is 22.8. The zero-order valence-electron chi connectivity index (χ0n) is 68.8. The van der Waals surface area contributed by atoms with Crippen molar-refractivity contribution < 1.29 is 0 Å². The molecule has 0 saturated carbocycles. The molecule has 0 N–H and O–H groups in total. The van der Waals surface area contributed by atoms with Gasteiger partial charge in [0.1, 0.15) is 0 Å². The predicted octanol–water partition coefficient (Wildman–Crippen LogP) is 30.8. The second-order valence-corrected chi connectivity index (χ2v) is 35.0. The van der Waals surface area contributed by atoms with Gasteiger partial charge in [-0.05, 0) is 202 Å². The summed E-state index contributed by atoms with van der Waals surface area (Å²) in [6.07, 6.45) is 27.2. The Labute approximate surface area is 703 Å². The molecule has 0 saturated heterocycles. The summed E-state index contributed by atoms with van der Waals surface area (Å²) in [7, 11) is 0. The molecule has 2 aliphatic rings. The van der Waals surface area contributed by atoms with E-state index in [9.17, 15) is 0 Å². The Bertz CT molecular complexity index is 6440. The van der Waals surface area contributed by atoms with Crippen molar-refractivity contribution in [1.82, 2.24) is 28.2 Å². The summed E-state index contributed by atoms with van der Waals surface area (Å²) >= 11 is 0. The molecule has 0 atom stereocenters. The van der Waals surface area contributed by atoms with E-state index in [2.05, 4.69) is 334 Å². The zero-order chi connectivity index (χ0) is 79.5. The van der Waals surface area contributed by atoms with E-state index < -0.39 is 0 Å².